The maximum Gasteiger partial charge on any atom is 0.131 e. The molecule has 42 heavy (non-hydrogen) atoms. The van der Waals surface area contributed by atoms with Crippen molar-refractivity contribution in [1.82, 2.24) is 0 Å². The molecule has 6 aromatic carbocycles. The highest BCUT2D eigenvalue weighted by Gasteiger charge is 2.35. The van der Waals surface area contributed by atoms with Crippen molar-refractivity contribution < 1.29 is 4.74 Å². The van der Waals surface area contributed by atoms with E-state index in [-0.39, 0.29) is 5.41 Å². The Bertz CT molecular complexity index is 2050. The van der Waals surface area contributed by atoms with Gasteiger partial charge in [-0.1, -0.05) is 111 Å². The fraction of sp³-hybridized carbons (Fsp3) is 0.122. The van der Waals surface area contributed by atoms with Crippen molar-refractivity contribution >= 4 is 0 Å². The lowest BCUT2D eigenvalue weighted by Crippen LogP contribution is -2.24. The summed E-state index contributed by atoms with van der Waals surface area (Å²) >= 11 is 0. The molecule has 1 aliphatic carbocycles. The van der Waals surface area contributed by atoms with Crippen LogP contribution in [0.15, 0.2) is 121 Å². The van der Waals surface area contributed by atoms with E-state index in [0.29, 0.717) is 0 Å². The van der Waals surface area contributed by atoms with E-state index < -0.39 is 0 Å². The molecule has 0 saturated heterocycles. The lowest BCUT2D eigenvalue weighted by molar-refractivity contribution is 0.417. The van der Waals surface area contributed by atoms with Crippen LogP contribution >= 0.6 is 0 Å². The fourth-order valence-electron chi connectivity index (χ4n) is 7.09. The fourth-order valence-corrected chi connectivity index (χ4v) is 7.09. The second-order valence-corrected chi connectivity index (χ2v) is 12.3. The standard InChI is InChI=1S/C41H32O/c1-25-17-20-37-39(21-25)42-40-22-26(2)35(24-38(40)41(37,3)4)27-18-19-34-32-15-8-7-13-30(32)28-11-5-6-12-29(28)31-14-9-10-16-33(31)36(34)23-27/h5-24H,1-4H3. The van der Waals surface area contributed by atoms with Gasteiger partial charge in [-0.05, 0) is 105 Å². The molecule has 0 atom stereocenters. The van der Waals surface area contributed by atoms with Crippen LogP contribution in [0.2, 0.25) is 0 Å². The number of hydrogen-bond donors (Lipinski definition) is 0. The predicted octanol–water partition coefficient (Wildman–Crippen LogP) is 11.4. The number of ether oxygens (including phenoxy) is 1. The van der Waals surface area contributed by atoms with Crippen LogP contribution in [0.4, 0.5) is 0 Å². The van der Waals surface area contributed by atoms with E-state index in [9.17, 15) is 0 Å². The maximum absolute atomic E-state index is 6.51. The molecule has 6 aromatic rings. The summed E-state index contributed by atoms with van der Waals surface area (Å²) in [6.07, 6.45) is 0. The highest BCUT2D eigenvalue weighted by Crippen LogP contribution is 2.51. The summed E-state index contributed by atoms with van der Waals surface area (Å²) < 4.78 is 6.51. The summed E-state index contributed by atoms with van der Waals surface area (Å²) in [4.78, 5) is 0. The summed E-state index contributed by atoms with van der Waals surface area (Å²) in [6, 6.07) is 44.7. The first-order chi connectivity index (χ1) is 20.4. The van der Waals surface area contributed by atoms with Gasteiger partial charge in [0.05, 0.1) is 0 Å². The van der Waals surface area contributed by atoms with Crippen LogP contribution in [0.25, 0.3) is 55.6 Å². The van der Waals surface area contributed by atoms with Gasteiger partial charge in [0.2, 0.25) is 0 Å². The van der Waals surface area contributed by atoms with Gasteiger partial charge < -0.3 is 4.74 Å². The molecule has 1 heterocycles. The van der Waals surface area contributed by atoms with Crippen LogP contribution in [-0.2, 0) is 5.41 Å². The quantitative estimate of drug-likeness (QED) is 0.201. The third-order valence-electron chi connectivity index (χ3n) is 9.30. The molecule has 0 radical (unpaired) electrons. The number of hydrogen-bond acceptors (Lipinski definition) is 1. The third kappa shape index (κ3) is 3.63. The molecule has 0 saturated carbocycles. The van der Waals surface area contributed by atoms with Crippen LogP contribution in [0.1, 0.15) is 36.1 Å². The minimum atomic E-state index is -0.169. The Hall–Kier alpha value is -4.88. The van der Waals surface area contributed by atoms with E-state index in [1.165, 1.54) is 77.9 Å². The second-order valence-electron chi connectivity index (χ2n) is 12.3. The maximum atomic E-state index is 6.51. The molecular formula is C41H32O. The minimum Gasteiger partial charge on any atom is -0.457 e. The smallest absolute Gasteiger partial charge is 0.131 e. The van der Waals surface area contributed by atoms with E-state index >= 15 is 0 Å². The summed E-state index contributed by atoms with van der Waals surface area (Å²) in [5.74, 6) is 1.93. The van der Waals surface area contributed by atoms with Crippen LogP contribution in [0.3, 0.4) is 0 Å². The van der Waals surface area contributed by atoms with Gasteiger partial charge in [0.1, 0.15) is 11.5 Å². The molecule has 0 bridgehead atoms. The largest absolute Gasteiger partial charge is 0.457 e. The van der Waals surface area contributed by atoms with Crippen LogP contribution < -0.4 is 4.74 Å². The molecule has 1 nitrogen and oxygen atoms in total. The van der Waals surface area contributed by atoms with Crippen molar-refractivity contribution in [3.05, 3.63) is 144 Å². The van der Waals surface area contributed by atoms with E-state index in [4.69, 9.17) is 4.74 Å². The number of rotatable bonds is 1. The molecular weight excluding hydrogens is 508 g/mol. The average molecular weight is 541 g/mol. The van der Waals surface area contributed by atoms with E-state index in [1.54, 1.807) is 0 Å². The van der Waals surface area contributed by atoms with Crippen LogP contribution in [-0.4, -0.2) is 0 Å². The number of fused-ring (bicyclic) bond motifs is 10. The zero-order chi connectivity index (χ0) is 28.6. The molecule has 0 amide bonds. The molecule has 1 aliphatic heterocycles. The lowest BCUT2D eigenvalue weighted by Gasteiger charge is -2.35. The van der Waals surface area contributed by atoms with Gasteiger partial charge in [-0.25, -0.2) is 0 Å². The van der Waals surface area contributed by atoms with Crippen molar-refractivity contribution in [3.8, 4) is 67.1 Å². The molecule has 202 valence electrons. The second kappa shape index (κ2) is 9.06. The zero-order valence-corrected chi connectivity index (χ0v) is 24.5. The Morgan fingerprint density at radius 2 is 0.929 bits per heavy atom. The highest BCUT2D eigenvalue weighted by molar-refractivity contribution is 6.03. The molecule has 2 aliphatic rings. The molecule has 0 aromatic heterocycles. The lowest BCUT2D eigenvalue weighted by atomic mass is 9.74. The first-order valence-electron chi connectivity index (χ1n) is 14.8. The molecule has 8 rings (SSSR count). The van der Waals surface area contributed by atoms with Crippen molar-refractivity contribution in [2.24, 2.45) is 0 Å². The van der Waals surface area contributed by atoms with Crippen LogP contribution in [0.5, 0.6) is 11.5 Å². The monoisotopic (exact) mass is 540 g/mol. The Labute approximate surface area is 248 Å². The predicted molar refractivity (Wildman–Crippen MR) is 175 cm³/mol. The summed E-state index contributed by atoms with van der Waals surface area (Å²) in [5, 5.41) is 0. The Balaban J connectivity index is 1.36. The Morgan fingerprint density at radius 1 is 0.429 bits per heavy atom. The number of aryl methyl sites for hydroxylation is 2. The third-order valence-corrected chi connectivity index (χ3v) is 9.30. The average Bonchev–Trinajstić information content (AvgIpc) is 3.00. The van der Waals surface area contributed by atoms with Gasteiger partial charge >= 0.3 is 0 Å². The van der Waals surface area contributed by atoms with E-state index in [1.807, 2.05) is 0 Å². The van der Waals surface area contributed by atoms with Crippen molar-refractivity contribution in [1.29, 1.82) is 0 Å². The summed E-state index contributed by atoms with van der Waals surface area (Å²) in [6.45, 7) is 8.95. The highest BCUT2D eigenvalue weighted by atomic mass is 16.5. The summed E-state index contributed by atoms with van der Waals surface area (Å²) in [5.41, 5.74) is 17.3. The van der Waals surface area contributed by atoms with Gasteiger partial charge in [0.15, 0.2) is 0 Å². The van der Waals surface area contributed by atoms with Gasteiger partial charge in [0.25, 0.3) is 0 Å². The summed E-state index contributed by atoms with van der Waals surface area (Å²) in [7, 11) is 0. The van der Waals surface area contributed by atoms with Crippen LogP contribution in [0, 0.1) is 13.8 Å². The zero-order valence-electron chi connectivity index (χ0n) is 24.5. The van der Waals surface area contributed by atoms with E-state index in [0.717, 1.165) is 11.5 Å². The van der Waals surface area contributed by atoms with Gasteiger partial charge in [0, 0.05) is 16.5 Å². The van der Waals surface area contributed by atoms with Gasteiger partial charge in [-0.3, -0.25) is 0 Å². The Kier molecular flexibility index (Phi) is 5.37. The van der Waals surface area contributed by atoms with Crippen molar-refractivity contribution in [2.45, 2.75) is 33.1 Å². The van der Waals surface area contributed by atoms with E-state index in [2.05, 4.69) is 149 Å². The molecule has 0 spiro atoms. The minimum absolute atomic E-state index is 0.169. The van der Waals surface area contributed by atoms with Crippen molar-refractivity contribution in [2.75, 3.05) is 0 Å². The topological polar surface area (TPSA) is 9.23 Å². The molecule has 0 unspecified atom stereocenters. The molecule has 0 fully saturated rings. The van der Waals surface area contributed by atoms with Crippen molar-refractivity contribution in [3.63, 3.8) is 0 Å². The SMILES string of the molecule is Cc1ccc2c(c1)Oc1cc(C)c(-c3ccc4c(c3)-c3ccccc3-c3ccccc3-c3ccccc3-4)cc1C2(C)C. The van der Waals surface area contributed by atoms with Gasteiger partial charge in [-0.15, -0.1) is 0 Å². The van der Waals surface area contributed by atoms with Gasteiger partial charge in [-0.2, -0.15) is 0 Å². The first-order valence-corrected chi connectivity index (χ1v) is 14.8. The molecule has 1 heteroatoms. The molecule has 0 N–H and O–H groups in total. The Morgan fingerprint density at radius 3 is 1.50 bits per heavy atom. The number of benzene rings is 6. The first kappa shape index (κ1) is 24.9. The normalized spacial score (nSPS) is 13.6.